The number of fused-ring (bicyclic) bond motifs is 1. The van der Waals surface area contributed by atoms with E-state index in [0.29, 0.717) is 25.0 Å². The first-order valence-electron chi connectivity index (χ1n) is 7.16. The Morgan fingerprint density at radius 3 is 2.75 bits per heavy atom. The third-order valence-electron chi connectivity index (χ3n) is 3.77. The molecule has 0 spiro atoms. The lowest BCUT2D eigenvalue weighted by molar-refractivity contribution is -0.142. The largest absolute Gasteiger partial charge is 0.435 e. The Balaban J connectivity index is 1.79. The SMILES string of the molecule is O=C(Cn1nc(C(F)(F)F)c2c1CCC2)Nc1ccc(F)c(Cl)c1. The number of alkyl halides is 3. The van der Waals surface area contributed by atoms with Gasteiger partial charge in [-0.15, -0.1) is 0 Å². The number of benzene rings is 1. The molecule has 0 saturated carbocycles. The lowest BCUT2D eigenvalue weighted by atomic mass is 10.2. The van der Waals surface area contributed by atoms with Crippen molar-refractivity contribution >= 4 is 23.2 Å². The average molecular weight is 362 g/mol. The maximum absolute atomic E-state index is 13.1. The van der Waals surface area contributed by atoms with E-state index in [2.05, 4.69) is 10.4 Å². The van der Waals surface area contributed by atoms with Crippen molar-refractivity contribution in [3.63, 3.8) is 0 Å². The number of rotatable bonds is 3. The Bertz CT molecular complexity index is 801. The van der Waals surface area contributed by atoms with Gasteiger partial charge < -0.3 is 5.32 Å². The van der Waals surface area contributed by atoms with Crippen molar-refractivity contribution in [2.45, 2.75) is 32.0 Å². The highest BCUT2D eigenvalue weighted by molar-refractivity contribution is 6.31. The molecule has 4 nitrogen and oxygen atoms in total. The number of nitrogens with one attached hydrogen (secondary N) is 1. The summed E-state index contributed by atoms with van der Waals surface area (Å²) in [5.41, 5.74) is -0.0615. The molecule has 0 fully saturated rings. The van der Waals surface area contributed by atoms with Gasteiger partial charge in [0.2, 0.25) is 5.91 Å². The van der Waals surface area contributed by atoms with Crippen LogP contribution in [0.2, 0.25) is 5.02 Å². The van der Waals surface area contributed by atoms with Crippen LogP contribution in [0.1, 0.15) is 23.4 Å². The number of nitrogens with zero attached hydrogens (tertiary/aromatic N) is 2. The highest BCUT2D eigenvalue weighted by Crippen LogP contribution is 2.36. The smallest absolute Gasteiger partial charge is 0.324 e. The van der Waals surface area contributed by atoms with Crippen LogP contribution in [0.25, 0.3) is 0 Å². The van der Waals surface area contributed by atoms with Gasteiger partial charge in [-0.05, 0) is 37.5 Å². The molecule has 24 heavy (non-hydrogen) atoms. The van der Waals surface area contributed by atoms with E-state index in [1.807, 2.05) is 0 Å². The summed E-state index contributed by atoms with van der Waals surface area (Å²) in [5, 5.41) is 5.87. The molecule has 0 bridgehead atoms. The molecule has 0 atom stereocenters. The molecule has 1 heterocycles. The van der Waals surface area contributed by atoms with E-state index < -0.39 is 23.6 Å². The maximum atomic E-state index is 13.1. The zero-order chi connectivity index (χ0) is 17.5. The summed E-state index contributed by atoms with van der Waals surface area (Å²) >= 11 is 5.62. The van der Waals surface area contributed by atoms with Crippen LogP contribution in [0.3, 0.4) is 0 Å². The van der Waals surface area contributed by atoms with Gasteiger partial charge >= 0.3 is 6.18 Å². The Morgan fingerprint density at radius 1 is 1.33 bits per heavy atom. The fourth-order valence-electron chi connectivity index (χ4n) is 2.78. The molecular weight excluding hydrogens is 350 g/mol. The van der Waals surface area contributed by atoms with Gasteiger partial charge in [0.15, 0.2) is 5.69 Å². The van der Waals surface area contributed by atoms with Gasteiger partial charge in [-0.2, -0.15) is 18.3 Å². The van der Waals surface area contributed by atoms with Crippen LogP contribution in [0.15, 0.2) is 18.2 Å². The van der Waals surface area contributed by atoms with Crippen molar-refractivity contribution in [3.8, 4) is 0 Å². The number of anilines is 1. The molecule has 1 aromatic carbocycles. The van der Waals surface area contributed by atoms with Crippen molar-refractivity contribution in [1.29, 1.82) is 0 Å². The Hall–Kier alpha value is -2.09. The molecule has 1 aliphatic carbocycles. The number of carbonyl (C=O) groups excluding carboxylic acids is 1. The lowest BCUT2D eigenvalue weighted by Crippen LogP contribution is -2.21. The maximum Gasteiger partial charge on any atom is 0.435 e. The van der Waals surface area contributed by atoms with E-state index in [4.69, 9.17) is 11.6 Å². The minimum Gasteiger partial charge on any atom is -0.324 e. The second-order valence-corrected chi connectivity index (χ2v) is 5.87. The zero-order valence-corrected chi connectivity index (χ0v) is 13.0. The summed E-state index contributed by atoms with van der Waals surface area (Å²) in [6, 6.07) is 3.63. The summed E-state index contributed by atoms with van der Waals surface area (Å²) in [6.07, 6.45) is -3.18. The van der Waals surface area contributed by atoms with Crippen LogP contribution < -0.4 is 5.32 Å². The molecule has 128 valence electrons. The van der Waals surface area contributed by atoms with Crippen molar-refractivity contribution in [2.24, 2.45) is 0 Å². The van der Waals surface area contributed by atoms with Crippen molar-refractivity contribution in [1.82, 2.24) is 9.78 Å². The van der Waals surface area contributed by atoms with E-state index in [9.17, 15) is 22.4 Å². The van der Waals surface area contributed by atoms with Crippen LogP contribution in [0, 0.1) is 5.82 Å². The second kappa shape index (κ2) is 6.08. The Morgan fingerprint density at radius 2 is 2.08 bits per heavy atom. The Labute approximate surface area is 139 Å². The minimum atomic E-state index is -4.54. The molecule has 9 heteroatoms. The van der Waals surface area contributed by atoms with Crippen LogP contribution in [0.5, 0.6) is 0 Å². The molecule has 0 aliphatic heterocycles. The molecule has 0 radical (unpaired) electrons. The average Bonchev–Trinajstić information content (AvgIpc) is 3.06. The van der Waals surface area contributed by atoms with Gasteiger partial charge in [0.05, 0.1) is 5.02 Å². The van der Waals surface area contributed by atoms with Gasteiger partial charge in [-0.1, -0.05) is 11.6 Å². The number of halogens is 5. The minimum absolute atomic E-state index is 0.160. The molecule has 0 unspecified atom stereocenters. The molecule has 1 amide bonds. The van der Waals surface area contributed by atoms with Gasteiger partial charge in [0, 0.05) is 16.9 Å². The normalized spacial score (nSPS) is 13.9. The summed E-state index contributed by atoms with van der Waals surface area (Å²) in [4.78, 5) is 12.0. The molecule has 1 aromatic heterocycles. The first-order chi connectivity index (χ1) is 11.3. The Kier molecular flexibility index (Phi) is 4.25. The van der Waals surface area contributed by atoms with Crippen molar-refractivity contribution in [2.75, 3.05) is 5.32 Å². The summed E-state index contributed by atoms with van der Waals surface area (Å²) < 4.78 is 53.2. The van der Waals surface area contributed by atoms with Crippen LogP contribution >= 0.6 is 11.6 Å². The fraction of sp³-hybridized carbons (Fsp3) is 0.333. The van der Waals surface area contributed by atoms with Crippen LogP contribution in [0.4, 0.5) is 23.2 Å². The first kappa shape index (κ1) is 16.8. The molecule has 1 N–H and O–H groups in total. The van der Waals surface area contributed by atoms with Crippen molar-refractivity contribution < 1.29 is 22.4 Å². The molecule has 3 rings (SSSR count). The fourth-order valence-corrected chi connectivity index (χ4v) is 2.96. The number of carbonyl (C=O) groups is 1. The van der Waals surface area contributed by atoms with E-state index in [-0.39, 0.29) is 22.8 Å². The second-order valence-electron chi connectivity index (χ2n) is 5.46. The first-order valence-corrected chi connectivity index (χ1v) is 7.54. The highest BCUT2D eigenvalue weighted by atomic mass is 35.5. The van der Waals surface area contributed by atoms with Gasteiger partial charge in [-0.3, -0.25) is 9.48 Å². The lowest BCUT2D eigenvalue weighted by Gasteiger charge is -2.08. The molecule has 2 aromatic rings. The number of hydrogen-bond donors (Lipinski definition) is 1. The quantitative estimate of drug-likeness (QED) is 0.845. The standard InChI is InChI=1S/C15H12ClF4N3O/c16-10-6-8(4-5-11(10)17)21-13(24)7-23-12-3-1-2-9(12)14(22-23)15(18,19)20/h4-6H,1-3,7H2,(H,21,24). The summed E-state index contributed by atoms with van der Waals surface area (Å²) in [6.45, 7) is -0.354. The van der Waals surface area contributed by atoms with Gasteiger partial charge in [-0.25, -0.2) is 4.39 Å². The zero-order valence-electron chi connectivity index (χ0n) is 12.3. The third kappa shape index (κ3) is 3.24. The van der Waals surface area contributed by atoms with Crippen LogP contribution in [-0.2, 0) is 30.4 Å². The third-order valence-corrected chi connectivity index (χ3v) is 4.06. The van der Waals surface area contributed by atoms with E-state index in [1.54, 1.807) is 0 Å². The summed E-state index contributed by atoms with van der Waals surface area (Å²) in [7, 11) is 0. The molecule has 0 saturated heterocycles. The topological polar surface area (TPSA) is 46.9 Å². The monoisotopic (exact) mass is 361 g/mol. The summed E-state index contributed by atoms with van der Waals surface area (Å²) in [5.74, 6) is -1.20. The van der Waals surface area contributed by atoms with Gasteiger partial charge in [0.25, 0.3) is 0 Å². The van der Waals surface area contributed by atoms with E-state index in [1.165, 1.54) is 12.1 Å². The van der Waals surface area contributed by atoms with E-state index in [0.717, 1.165) is 10.7 Å². The predicted octanol–water partition coefficient (Wildman–Crippen LogP) is 3.82. The van der Waals surface area contributed by atoms with Crippen molar-refractivity contribution in [3.05, 3.63) is 46.0 Å². The number of hydrogen-bond acceptors (Lipinski definition) is 2. The predicted molar refractivity (Wildman–Crippen MR) is 79.3 cm³/mol. The number of aromatic nitrogens is 2. The van der Waals surface area contributed by atoms with Crippen LogP contribution in [-0.4, -0.2) is 15.7 Å². The molecule has 1 aliphatic rings. The highest BCUT2D eigenvalue weighted by Gasteiger charge is 2.40. The molecular formula is C15H12ClF4N3O. The number of amides is 1. The van der Waals surface area contributed by atoms with Gasteiger partial charge in [0.1, 0.15) is 12.4 Å². The van der Waals surface area contributed by atoms with E-state index >= 15 is 0 Å².